The van der Waals surface area contributed by atoms with E-state index in [2.05, 4.69) is 0 Å². The van der Waals surface area contributed by atoms with Crippen LogP contribution in [0.2, 0.25) is 0 Å². The van der Waals surface area contributed by atoms with E-state index >= 15 is 0 Å². The van der Waals surface area contributed by atoms with E-state index in [0.29, 0.717) is 5.88 Å². The Morgan fingerprint density at radius 2 is 1.90 bits per heavy atom. The maximum Gasteiger partial charge on any atom is 0.243 e. The Morgan fingerprint density at radius 1 is 1.25 bits per heavy atom. The first-order valence-corrected chi connectivity index (χ1v) is 8.98. The topological polar surface area (TPSA) is 37.4 Å². The van der Waals surface area contributed by atoms with Crippen LogP contribution in [0.3, 0.4) is 0 Å². The van der Waals surface area contributed by atoms with Gasteiger partial charge in [-0.05, 0) is 36.1 Å². The number of thiophene rings is 1. The average molecular weight is 330 g/mol. The van der Waals surface area contributed by atoms with Gasteiger partial charge in [0.1, 0.15) is 0 Å². The third-order valence-corrected chi connectivity index (χ3v) is 6.55. The third kappa shape index (κ3) is 3.06. The van der Waals surface area contributed by atoms with E-state index in [1.165, 1.54) is 4.31 Å². The van der Waals surface area contributed by atoms with E-state index in [9.17, 15) is 8.42 Å². The van der Waals surface area contributed by atoms with Gasteiger partial charge in [0.05, 0.1) is 10.9 Å². The van der Waals surface area contributed by atoms with Crippen molar-refractivity contribution in [3.05, 3.63) is 52.2 Å². The summed E-state index contributed by atoms with van der Waals surface area (Å²) in [6.07, 6.45) is 0. The summed E-state index contributed by atoms with van der Waals surface area (Å²) in [5.41, 5.74) is 0.902. The molecule has 0 saturated heterocycles. The Hall–Kier alpha value is -0.880. The second-order valence-electron chi connectivity index (χ2n) is 4.49. The van der Waals surface area contributed by atoms with E-state index in [1.807, 2.05) is 24.4 Å². The highest BCUT2D eigenvalue weighted by atomic mass is 35.5. The summed E-state index contributed by atoms with van der Waals surface area (Å²) in [4.78, 5) is 1.31. The molecule has 1 atom stereocenters. The van der Waals surface area contributed by atoms with Gasteiger partial charge in [-0.15, -0.1) is 22.9 Å². The van der Waals surface area contributed by atoms with Crippen molar-refractivity contribution in [2.45, 2.75) is 23.7 Å². The molecule has 0 N–H and O–H groups in total. The SMILES string of the molecule is CC(c1cccs1)N(C)S(=O)(=O)c1ccc(CCl)cc1. The van der Waals surface area contributed by atoms with Gasteiger partial charge in [0.15, 0.2) is 0 Å². The summed E-state index contributed by atoms with van der Waals surface area (Å²) >= 11 is 7.27. The summed E-state index contributed by atoms with van der Waals surface area (Å²) in [5.74, 6) is 0.377. The number of benzene rings is 1. The van der Waals surface area contributed by atoms with Gasteiger partial charge in [0.2, 0.25) is 10.0 Å². The Balaban J connectivity index is 2.29. The molecule has 6 heteroatoms. The second kappa shape index (κ2) is 6.26. The normalized spacial score (nSPS) is 13.6. The van der Waals surface area contributed by atoms with Crippen LogP contribution in [0, 0.1) is 0 Å². The lowest BCUT2D eigenvalue weighted by atomic mass is 10.2. The summed E-state index contributed by atoms with van der Waals surface area (Å²) in [7, 11) is -1.89. The minimum absolute atomic E-state index is 0.187. The van der Waals surface area contributed by atoms with Crippen LogP contribution < -0.4 is 0 Å². The van der Waals surface area contributed by atoms with Crippen LogP contribution in [-0.4, -0.2) is 19.8 Å². The molecule has 0 spiro atoms. The fourth-order valence-corrected chi connectivity index (χ4v) is 4.25. The van der Waals surface area contributed by atoms with Gasteiger partial charge < -0.3 is 0 Å². The molecular formula is C14H16ClNO2S2. The molecule has 0 bridgehead atoms. The second-order valence-corrected chi connectivity index (χ2v) is 7.73. The number of hydrogen-bond donors (Lipinski definition) is 0. The van der Waals surface area contributed by atoms with E-state index in [4.69, 9.17) is 11.6 Å². The van der Waals surface area contributed by atoms with E-state index in [-0.39, 0.29) is 10.9 Å². The standard InChI is InChI=1S/C14H16ClNO2S2/c1-11(14-4-3-9-19-14)16(2)20(17,18)13-7-5-12(10-15)6-8-13/h3-9,11H,10H2,1-2H3. The lowest BCUT2D eigenvalue weighted by Gasteiger charge is -2.23. The zero-order valence-electron chi connectivity index (χ0n) is 11.3. The van der Waals surface area contributed by atoms with Gasteiger partial charge in [0.25, 0.3) is 0 Å². The van der Waals surface area contributed by atoms with Crippen LogP contribution in [0.4, 0.5) is 0 Å². The Morgan fingerprint density at radius 3 is 2.40 bits per heavy atom. The largest absolute Gasteiger partial charge is 0.243 e. The Bertz CT molecular complexity index is 651. The van der Waals surface area contributed by atoms with Crippen LogP contribution in [-0.2, 0) is 15.9 Å². The van der Waals surface area contributed by atoms with Crippen LogP contribution >= 0.6 is 22.9 Å². The maximum atomic E-state index is 12.6. The van der Waals surface area contributed by atoms with Gasteiger partial charge in [-0.2, -0.15) is 4.31 Å². The Kier molecular flexibility index (Phi) is 4.86. The van der Waals surface area contributed by atoms with Crippen molar-refractivity contribution in [2.24, 2.45) is 0 Å². The molecule has 0 aliphatic rings. The molecule has 1 aromatic heterocycles. The number of nitrogens with zero attached hydrogens (tertiary/aromatic N) is 1. The number of rotatable bonds is 5. The Labute approximate surface area is 128 Å². The fourth-order valence-electron chi connectivity index (χ4n) is 1.83. The van der Waals surface area contributed by atoms with E-state index in [0.717, 1.165) is 10.4 Å². The maximum absolute atomic E-state index is 12.6. The highest BCUT2D eigenvalue weighted by molar-refractivity contribution is 7.89. The summed E-state index contributed by atoms with van der Waals surface area (Å²) in [6, 6.07) is 10.4. The molecule has 0 amide bonds. The van der Waals surface area contributed by atoms with Crippen LogP contribution in [0.25, 0.3) is 0 Å². The molecule has 0 fully saturated rings. The zero-order valence-corrected chi connectivity index (χ0v) is 13.7. The van der Waals surface area contributed by atoms with Crippen LogP contribution in [0.1, 0.15) is 23.4 Å². The molecule has 1 aromatic carbocycles. The molecule has 0 aliphatic heterocycles. The predicted molar refractivity (Wildman–Crippen MR) is 83.7 cm³/mol. The van der Waals surface area contributed by atoms with Gasteiger partial charge in [-0.1, -0.05) is 18.2 Å². The zero-order chi connectivity index (χ0) is 14.8. The lowest BCUT2D eigenvalue weighted by molar-refractivity contribution is 0.403. The van der Waals surface area contributed by atoms with Crippen molar-refractivity contribution in [1.29, 1.82) is 0 Å². The van der Waals surface area contributed by atoms with Gasteiger partial charge in [0, 0.05) is 17.8 Å². The molecule has 0 aliphatic carbocycles. The summed E-state index contributed by atoms with van der Waals surface area (Å²) in [5, 5.41) is 1.95. The number of halogens is 1. The quantitative estimate of drug-likeness (QED) is 0.781. The van der Waals surface area contributed by atoms with Crippen molar-refractivity contribution in [2.75, 3.05) is 7.05 Å². The first kappa shape index (κ1) is 15.5. The summed E-state index contributed by atoms with van der Waals surface area (Å²) in [6.45, 7) is 1.89. The van der Waals surface area contributed by atoms with Crippen molar-refractivity contribution < 1.29 is 8.42 Å². The third-order valence-electron chi connectivity index (χ3n) is 3.25. The monoisotopic (exact) mass is 329 g/mol. The number of sulfonamides is 1. The van der Waals surface area contributed by atoms with Crippen molar-refractivity contribution >= 4 is 33.0 Å². The summed E-state index contributed by atoms with van der Waals surface area (Å²) < 4.78 is 26.5. The lowest BCUT2D eigenvalue weighted by Crippen LogP contribution is -2.29. The molecule has 20 heavy (non-hydrogen) atoms. The molecular weight excluding hydrogens is 314 g/mol. The molecule has 0 saturated carbocycles. The van der Waals surface area contributed by atoms with Crippen molar-refractivity contribution in [3.8, 4) is 0 Å². The fraction of sp³-hybridized carbons (Fsp3) is 0.286. The van der Waals surface area contributed by atoms with Crippen LogP contribution in [0.5, 0.6) is 0 Å². The van der Waals surface area contributed by atoms with Crippen LogP contribution in [0.15, 0.2) is 46.7 Å². The van der Waals surface area contributed by atoms with E-state index < -0.39 is 10.0 Å². The first-order chi connectivity index (χ1) is 9.46. The minimum Gasteiger partial charge on any atom is -0.207 e. The molecule has 2 rings (SSSR count). The first-order valence-electron chi connectivity index (χ1n) is 6.13. The van der Waals surface area contributed by atoms with E-state index in [1.54, 1.807) is 42.6 Å². The smallest absolute Gasteiger partial charge is 0.207 e. The van der Waals surface area contributed by atoms with Gasteiger partial charge >= 0.3 is 0 Å². The minimum atomic E-state index is -3.49. The molecule has 3 nitrogen and oxygen atoms in total. The van der Waals surface area contributed by atoms with Crippen molar-refractivity contribution in [3.63, 3.8) is 0 Å². The highest BCUT2D eigenvalue weighted by Crippen LogP contribution is 2.28. The predicted octanol–water partition coefficient (Wildman–Crippen LogP) is 3.87. The molecule has 108 valence electrons. The highest BCUT2D eigenvalue weighted by Gasteiger charge is 2.26. The number of alkyl halides is 1. The van der Waals surface area contributed by atoms with Gasteiger partial charge in [-0.3, -0.25) is 0 Å². The molecule has 1 unspecified atom stereocenters. The van der Waals surface area contributed by atoms with Gasteiger partial charge in [-0.25, -0.2) is 8.42 Å². The molecule has 0 radical (unpaired) electrons. The molecule has 2 aromatic rings. The molecule has 1 heterocycles. The number of hydrogen-bond acceptors (Lipinski definition) is 3. The average Bonchev–Trinajstić information content (AvgIpc) is 3.00. The van der Waals surface area contributed by atoms with Crippen molar-refractivity contribution in [1.82, 2.24) is 4.31 Å².